The van der Waals surface area contributed by atoms with Crippen molar-refractivity contribution in [1.82, 2.24) is 15.5 Å². The fraction of sp³-hybridized carbons (Fsp3) is 0.286. The van der Waals surface area contributed by atoms with Crippen LogP contribution in [0.2, 0.25) is 5.02 Å². The SMILES string of the molecule is CC(Oc1ccc(Cl)cc1Br)C(=O)NC(C)c1cn[nH]c1. The number of hydrogen-bond acceptors (Lipinski definition) is 3. The smallest absolute Gasteiger partial charge is 0.261 e. The van der Waals surface area contributed by atoms with Gasteiger partial charge in [0.05, 0.1) is 16.7 Å². The van der Waals surface area contributed by atoms with Crippen LogP contribution in [0.4, 0.5) is 0 Å². The number of amides is 1. The average Bonchev–Trinajstić information content (AvgIpc) is 2.95. The number of aromatic amines is 1. The van der Waals surface area contributed by atoms with E-state index in [0.717, 1.165) is 5.56 Å². The number of nitrogens with one attached hydrogen (secondary N) is 2. The van der Waals surface area contributed by atoms with E-state index in [9.17, 15) is 4.79 Å². The average molecular weight is 373 g/mol. The number of carbonyl (C=O) groups excluding carboxylic acids is 1. The number of carbonyl (C=O) groups is 1. The van der Waals surface area contributed by atoms with Crippen molar-refractivity contribution in [3.8, 4) is 5.75 Å². The van der Waals surface area contributed by atoms with E-state index in [0.29, 0.717) is 15.2 Å². The summed E-state index contributed by atoms with van der Waals surface area (Å²) in [6, 6.07) is 5.00. The Balaban J connectivity index is 1.96. The molecule has 1 heterocycles. The summed E-state index contributed by atoms with van der Waals surface area (Å²) >= 11 is 9.22. The Morgan fingerprint density at radius 3 is 2.86 bits per heavy atom. The molecular formula is C14H15BrClN3O2. The van der Waals surface area contributed by atoms with Crippen LogP contribution in [0.5, 0.6) is 5.75 Å². The van der Waals surface area contributed by atoms with E-state index in [2.05, 4.69) is 31.4 Å². The van der Waals surface area contributed by atoms with Crippen LogP contribution >= 0.6 is 27.5 Å². The molecule has 1 aromatic heterocycles. The van der Waals surface area contributed by atoms with Gasteiger partial charge in [-0.15, -0.1) is 0 Å². The fourth-order valence-electron chi connectivity index (χ4n) is 1.73. The molecule has 2 aromatic rings. The molecule has 5 nitrogen and oxygen atoms in total. The van der Waals surface area contributed by atoms with Crippen LogP contribution in [0.3, 0.4) is 0 Å². The van der Waals surface area contributed by atoms with E-state index < -0.39 is 6.10 Å². The third-order valence-corrected chi connectivity index (χ3v) is 3.80. The molecule has 7 heteroatoms. The quantitative estimate of drug-likeness (QED) is 0.844. The van der Waals surface area contributed by atoms with Crippen molar-refractivity contribution in [2.24, 2.45) is 0 Å². The zero-order chi connectivity index (χ0) is 15.4. The zero-order valence-corrected chi connectivity index (χ0v) is 13.9. The highest BCUT2D eigenvalue weighted by atomic mass is 79.9. The van der Waals surface area contributed by atoms with E-state index in [-0.39, 0.29) is 11.9 Å². The van der Waals surface area contributed by atoms with Gasteiger partial charge in [-0.3, -0.25) is 9.89 Å². The van der Waals surface area contributed by atoms with Crippen molar-refractivity contribution >= 4 is 33.4 Å². The highest BCUT2D eigenvalue weighted by molar-refractivity contribution is 9.10. The lowest BCUT2D eigenvalue weighted by Gasteiger charge is -2.18. The van der Waals surface area contributed by atoms with Crippen molar-refractivity contribution in [3.05, 3.63) is 45.7 Å². The monoisotopic (exact) mass is 371 g/mol. The van der Waals surface area contributed by atoms with Gasteiger partial charge in [-0.05, 0) is 48.0 Å². The van der Waals surface area contributed by atoms with Crippen LogP contribution in [-0.2, 0) is 4.79 Å². The second kappa shape index (κ2) is 6.95. The summed E-state index contributed by atoms with van der Waals surface area (Å²) in [6.45, 7) is 3.58. The number of nitrogens with zero attached hydrogens (tertiary/aromatic N) is 1. The van der Waals surface area contributed by atoms with Crippen LogP contribution < -0.4 is 10.1 Å². The molecule has 21 heavy (non-hydrogen) atoms. The predicted octanol–water partition coefficient (Wildman–Crippen LogP) is 3.47. The predicted molar refractivity (Wildman–Crippen MR) is 84.4 cm³/mol. The molecule has 0 saturated carbocycles. The van der Waals surface area contributed by atoms with Gasteiger partial charge in [-0.25, -0.2) is 0 Å². The molecule has 112 valence electrons. The minimum Gasteiger partial charge on any atom is -0.480 e. The Labute approximate surface area is 136 Å². The van der Waals surface area contributed by atoms with E-state index in [1.54, 1.807) is 37.5 Å². The molecule has 2 N–H and O–H groups in total. The largest absolute Gasteiger partial charge is 0.480 e. The molecule has 0 aliphatic carbocycles. The summed E-state index contributed by atoms with van der Waals surface area (Å²) in [5.41, 5.74) is 0.906. The number of halogens is 2. The highest BCUT2D eigenvalue weighted by Crippen LogP contribution is 2.28. The van der Waals surface area contributed by atoms with E-state index in [1.807, 2.05) is 6.92 Å². The highest BCUT2D eigenvalue weighted by Gasteiger charge is 2.19. The number of H-pyrrole nitrogens is 1. The Bertz CT molecular complexity index is 619. The third kappa shape index (κ3) is 4.22. The lowest BCUT2D eigenvalue weighted by Crippen LogP contribution is -2.37. The van der Waals surface area contributed by atoms with Crippen molar-refractivity contribution < 1.29 is 9.53 Å². The van der Waals surface area contributed by atoms with Gasteiger partial charge in [0, 0.05) is 16.8 Å². The first-order valence-electron chi connectivity index (χ1n) is 6.38. The molecule has 0 fully saturated rings. The summed E-state index contributed by atoms with van der Waals surface area (Å²) in [6.07, 6.45) is 2.79. The Morgan fingerprint density at radius 2 is 2.24 bits per heavy atom. The topological polar surface area (TPSA) is 67.0 Å². The van der Waals surface area contributed by atoms with Crippen LogP contribution in [0.1, 0.15) is 25.5 Å². The normalized spacial score (nSPS) is 13.5. The van der Waals surface area contributed by atoms with Gasteiger partial charge in [0.1, 0.15) is 5.75 Å². The van der Waals surface area contributed by atoms with Gasteiger partial charge in [0.25, 0.3) is 5.91 Å². The molecule has 2 atom stereocenters. The lowest BCUT2D eigenvalue weighted by atomic mass is 10.2. The zero-order valence-electron chi connectivity index (χ0n) is 11.6. The molecule has 1 amide bonds. The van der Waals surface area contributed by atoms with E-state index in [1.165, 1.54) is 0 Å². The molecule has 0 aliphatic heterocycles. The maximum absolute atomic E-state index is 12.1. The number of hydrogen-bond donors (Lipinski definition) is 2. The minimum absolute atomic E-state index is 0.143. The van der Waals surface area contributed by atoms with Crippen LogP contribution in [0.25, 0.3) is 0 Å². The van der Waals surface area contributed by atoms with Crippen LogP contribution in [0.15, 0.2) is 35.1 Å². The van der Waals surface area contributed by atoms with Gasteiger partial charge < -0.3 is 10.1 Å². The number of aromatic nitrogens is 2. The van der Waals surface area contributed by atoms with Gasteiger partial charge in [0.2, 0.25) is 0 Å². The summed E-state index contributed by atoms with van der Waals surface area (Å²) in [5, 5.41) is 10.0. The fourth-order valence-corrected chi connectivity index (χ4v) is 2.50. The van der Waals surface area contributed by atoms with Crippen LogP contribution in [-0.4, -0.2) is 22.2 Å². The van der Waals surface area contributed by atoms with Crippen molar-refractivity contribution in [3.63, 3.8) is 0 Å². The molecule has 1 aromatic carbocycles. The Morgan fingerprint density at radius 1 is 1.48 bits per heavy atom. The molecule has 0 bridgehead atoms. The van der Waals surface area contributed by atoms with E-state index >= 15 is 0 Å². The minimum atomic E-state index is -0.628. The molecule has 2 unspecified atom stereocenters. The standard InChI is InChI=1S/C14H15BrClN3O2/c1-8(10-6-17-18-7-10)19-14(20)9(2)21-13-4-3-11(16)5-12(13)15/h3-9H,1-2H3,(H,17,18)(H,19,20). The second-order valence-electron chi connectivity index (χ2n) is 4.60. The second-order valence-corrected chi connectivity index (χ2v) is 5.89. The van der Waals surface area contributed by atoms with Gasteiger partial charge >= 0.3 is 0 Å². The number of ether oxygens (including phenoxy) is 1. The van der Waals surface area contributed by atoms with Crippen LogP contribution in [0, 0.1) is 0 Å². The van der Waals surface area contributed by atoms with Gasteiger partial charge in [0.15, 0.2) is 6.10 Å². The van der Waals surface area contributed by atoms with Crippen molar-refractivity contribution in [1.29, 1.82) is 0 Å². The first-order chi connectivity index (χ1) is 9.97. The first-order valence-corrected chi connectivity index (χ1v) is 7.55. The number of benzene rings is 1. The first kappa shape index (κ1) is 15.9. The lowest BCUT2D eigenvalue weighted by molar-refractivity contribution is -0.127. The van der Waals surface area contributed by atoms with E-state index in [4.69, 9.17) is 16.3 Å². The molecular weight excluding hydrogens is 358 g/mol. The summed E-state index contributed by atoms with van der Waals surface area (Å²) in [5.74, 6) is 0.364. The Kier molecular flexibility index (Phi) is 5.25. The third-order valence-electron chi connectivity index (χ3n) is 2.95. The van der Waals surface area contributed by atoms with Crippen molar-refractivity contribution in [2.45, 2.75) is 26.0 Å². The summed E-state index contributed by atoms with van der Waals surface area (Å²) < 4.78 is 6.35. The Hall–Kier alpha value is -1.53. The maximum Gasteiger partial charge on any atom is 0.261 e. The van der Waals surface area contributed by atoms with Gasteiger partial charge in [-0.2, -0.15) is 5.10 Å². The summed E-state index contributed by atoms with van der Waals surface area (Å²) in [4.78, 5) is 12.1. The molecule has 0 spiro atoms. The van der Waals surface area contributed by atoms with Gasteiger partial charge in [-0.1, -0.05) is 11.6 Å². The molecule has 0 aliphatic rings. The van der Waals surface area contributed by atoms with Crippen molar-refractivity contribution in [2.75, 3.05) is 0 Å². The molecule has 2 rings (SSSR count). The number of rotatable bonds is 5. The molecule has 0 saturated heterocycles. The summed E-state index contributed by atoms with van der Waals surface area (Å²) in [7, 11) is 0. The molecule has 0 radical (unpaired) electrons. The maximum atomic E-state index is 12.1.